The molecule has 0 amide bonds. The third-order valence-corrected chi connectivity index (χ3v) is 2.96. The van der Waals surface area contributed by atoms with E-state index in [1.807, 2.05) is 30.3 Å². The fourth-order valence-corrected chi connectivity index (χ4v) is 1.98. The summed E-state index contributed by atoms with van der Waals surface area (Å²) in [5.74, 6) is 0.0604. The molecule has 1 saturated heterocycles. The predicted molar refractivity (Wildman–Crippen MR) is 60.0 cm³/mol. The second-order valence-electron chi connectivity index (χ2n) is 4.15. The lowest BCUT2D eigenvalue weighted by Crippen LogP contribution is -2.28. The van der Waals surface area contributed by atoms with E-state index < -0.39 is 6.10 Å². The first-order chi connectivity index (χ1) is 7.77. The molecule has 0 spiro atoms. The zero-order chi connectivity index (χ0) is 11.4. The van der Waals surface area contributed by atoms with Crippen molar-refractivity contribution in [2.75, 3.05) is 13.2 Å². The van der Waals surface area contributed by atoms with Crippen LogP contribution in [0.25, 0.3) is 0 Å². The van der Waals surface area contributed by atoms with E-state index in [2.05, 4.69) is 0 Å². The standard InChI is InChI=1S/C13H16O3/c14-12-6-7-16-9-11(12)8-13(15)10-4-2-1-3-5-10/h1-5,11,13,15H,6-9H2. The van der Waals surface area contributed by atoms with Crippen LogP contribution >= 0.6 is 0 Å². The quantitative estimate of drug-likeness (QED) is 0.843. The fourth-order valence-electron chi connectivity index (χ4n) is 1.98. The first-order valence-electron chi connectivity index (χ1n) is 5.61. The van der Waals surface area contributed by atoms with Crippen molar-refractivity contribution in [3.05, 3.63) is 35.9 Å². The van der Waals surface area contributed by atoms with E-state index in [9.17, 15) is 9.90 Å². The molecular weight excluding hydrogens is 204 g/mol. The maximum absolute atomic E-state index is 11.6. The van der Waals surface area contributed by atoms with Crippen LogP contribution in [0, 0.1) is 5.92 Å². The van der Waals surface area contributed by atoms with Crippen molar-refractivity contribution in [3.63, 3.8) is 0 Å². The molecule has 1 heterocycles. The van der Waals surface area contributed by atoms with Crippen LogP contribution in [0.5, 0.6) is 0 Å². The largest absolute Gasteiger partial charge is 0.388 e. The number of aliphatic hydroxyl groups excluding tert-OH is 1. The molecule has 0 bridgehead atoms. The SMILES string of the molecule is O=C1CCOCC1CC(O)c1ccccc1. The topological polar surface area (TPSA) is 46.5 Å². The van der Waals surface area contributed by atoms with Crippen LogP contribution in [-0.4, -0.2) is 24.1 Å². The number of aliphatic hydroxyl groups is 1. The highest BCUT2D eigenvalue weighted by molar-refractivity contribution is 5.81. The van der Waals surface area contributed by atoms with Gasteiger partial charge in [-0.3, -0.25) is 4.79 Å². The summed E-state index contributed by atoms with van der Waals surface area (Å²) in [4.78, 5) is 11.6. The van der Waals surface area contributed by atoms with Crippen molar-refractivity contribution in [3.8, 4) is 0 Å². The number of Topliss-reactive ketones (excluding diaryl/α,β-unsaturated/α-hetero) is 1. The van der Waals surface area contributed by atoms with Crippen molar-refractivity contribution in [1.29, 1.82) is 0 Å². The van der Waals surface area contributed by atoms with Crippen molar-refractivity contribution in [2.24, 2.45) is 5.92 Å². The molecule has 2 atom stereocenters. The maximum atomic E-state index is 11.6. The molecule has 86 valence electrons. The van der Waals surface area contributed by atoms with E-state index in [0.29, 0.717) is 26.1 Å². The highest BCUT2D eigenvalue weighted by Crippen LogP contribution is 2.24. The summed E-state index contributed by atoms with van der Waals surface area (Å²) in [5, 5.41) is 9.98. The molecular formula is C13H16O3. The molecule has 2 rings (SSSR count). The molecule has 1 aliphatic rings. The lowest BCUT2D eigenvalue weighted by atomic mass is 9.91. The zero-order valence-electron chi connectivity index (χ0n) is 9.13. The first-order valence-corrected chi connectivity index (χ1v) is 5.61. The van der Waals surface area contributed by atoms with E-state index in [0.717, 1.165) is 5.56 Å². The van der Waals surface area contributed by atoms with E-state index in [-0.39, 0.29) is 11.7 Å². The van der Waals surface area contributed by atoms with Crippen LogP contribution in [0.3, 0.4) is 0 Å². The molecule has 1 aliphatic heterocycles. The Balaban J connectivity index is 1.96. The third kappa shape index (κ3) is 2.68. The average Bonchev–Trinajstić information content (AvgIpc) is 2.33. The van der Waals surface area contributed by atoms with Crippen LogP contribution in [0.15, 0.2) is 30.3 Å². The van der Waals surface area contributed by atoms with Crippen LogP contribution in [0.1, 0.15) is 24.5 Å². The zero-order valence-corrected chi connectivity index (χ0v) is 9.13. The molecule has 0 aliphatic carbocycles. The van der Waals surface area contributed by atoms with Gasteiger partial charge in [0.25, 0.3) is 0 Å². The number of benzene rings is 1. The monoisotopic (exact) mass is 220 g/mol. The second kappa shape index (κ2) is 5.23. The van der Waals surface area contributed by atoms with Gasteiger partial charge in [0.2, 0.25) is 0 Å². The number of ether oxygens (including phenoxy) is 1. The summed E-state index contributed by atoms with van der Waals surface area (Å²) < 4.78 is 5.26. The molecule has 3 heteroatoms. The van der Waals surface area contributed by atoms with E-state index in [4.69, 9.17) is 4.74 Å². The number of rotatable bonds is 3. The van der Waals surface area contributed by atoms with Gasteiger partial charge >= 0.3 is 0 Å². The van der Waals surface area contributed by atoms with Crippen molar-refractivity contribution in [1.82, 2.24) is 0 Å². The molecule has 16 heavy (non-hydrogen) atoms. The minimum Gasteiger partial charge on any atom is -0.388 e. The molecule has 1 aromatic carbocycles. The summed E-state index contributed by atoms with van der Waals surface area (Å²) in [5.41, 5.74) is 0.862. The summed E-state index contributed by atoms with van der Waals surface area (Å²) in [6.45, 7) is 0.972. The summed E-state index contributed by atoms with van der Waals surface area (Å²) in [7, 11) is 0. The Hall–Kier alpha value is -1.19. The Morgan fingerprint density at radius 3 is 2.81 bits per heavy atom. The Morgan fingerprint density at radius 2 is 2.12 bits per heavy atom. The maximum Gasteiger partial charge on any atom is 0.140 e. The molecule has 3 nitrogen and oxygen atoms in total. The average molecular weight is 220 g/mol. The van der Waals surface area contributed by atoms with E-state index in [1.165, 1.54) is 0 Å². The van der Waals surface area contributed by atoms with Crippen molar-refractivity contribution < 1.29 is 14.6 Å². The number of carbonyl (C=O) groups excluding carboxylic acids is 1. The normalized spacial score (nSPS) is 23.1. The summed E-state index contributed by atoms with van der Waals surface area (Å²) in [6, 6.07) is 9.43. The number of hydrogen-bond acceptors (Lipinski definition) is 3. The summed E-state index contributed by atoms with van der Waals surface area (Å²) in [6.07, 6.45) is 0.367. The second-order valence-corrected chi connectivity index (χ2v) is 4.15. The smallest absolute Gasteiger partial charge is 0.140 e. The van der Waals surface area contributed by atoms with Gasteiger partial charge in [-0.25, -0.2) is 0 Å². The molecule has 1 N–H and O–H groups in total. The molecule has 1 aromatic rings. The van der Waals surface area contributed by atoms with Crippen LogP contribution < -0.4 is 0 Å². The van der Waals surface area contributed by atoms with Crippen LogP contribution in [-0.2, 0) is 9.53 Å². The Morgan fingerprint density at radius 1 is 1.38 bits per heavy atom. The van der Waals surface area contributed by atoms with Crippen LogP contribution in [0.4, 0.5) is 0 Å². The van der Waals surface area contributed by atoms with Gasteiger partial charge < -0.3 is 9.84 Å². The predicted octanol–water partition coefficient (Wildman–Crippen LogP) is 1.72. The molecule has 0 aromatic heterocycles. The Labute approximate surface area is 95.0 Å². The molecule has 2 unspecified atom stereocenters. The van der Waals surface area contributed by atoms with Gasteiger partial charge in [-0.2, -0.15) is 0 Å². The van der Waals surface area contributed by atoms with Gasteiger partial charge in [-0.05, 0) is 12.0 Å². The van der Waals surface area contributed by atoms with Crippen molar-refractivity contribution >= 4 is 5.78 Å². The first kappa shape index (κ1) is 11.3. The highest BCUT2D eigenvalue weighted by atomic mass is 16.5. The molecule has 0 radical (unpaired) electrons. The molecule has 0 saturated carbocycles. The minimum atomic E-state index is -0.572. The lowest BCUT2D eigenvalue weighted by molar-refractivity contribution is -0.131. The molecule has 1 fully saturated rings. The minimum absolute atomic E-state index is 0.149. The number of carbonyl (C=O) groups is 1. The number of hydrogen-bond donors (Lipinski definition) is 1. The van der Waals surface area contributed by atoms with E-state index >= 15 is 0 Å². The van der Waals surface area contributed by atoms with Gasteiger partial charge in [0.15, 0.2) is 0 Å². The van der Waals surface area contributed by atoms with E-state index in [1.54, 1.807) is 0 Å². The van der Waals surface area contributed by atoms with Crippen LogP contribution in [0.2, 0.25) is 0 Å². The van der Waals surface area contributed by atoms with Gasteiger partial charge in [-0.15, -0.1) is 0 Å². The van der Waals surface area contributed by atoms with Gasteiger partial charge in [-0.1, -0.05) is 30.3 Å². The van der Waals surface area contributed by atoms with Gasteiger partial charge in [0.1, 0.15) is 5.78 Å². The number of ketones is 1. The van der Waals surface area contributed by atoms with Gasteiger partial charge in [0, 0.05) is 12.3 Å². The fraction of sp³-hybridized carbons (Fsp3) is 0.462. The van der Waals surface area contributed by atoms with Gasteiger partial charge in [0.05, 0.1) is 19.3 Å². The summed E-state index contributed by atoms with van der Waals surface area (Å²) >= 11 is 0. The Kier molecular flexibility index (Phi) is 3.70. The highest BCUT2D eigenvalue weighted by Gasteiger charge is 2.25. The van der Waals surface area contributed by atoms with Crippen molar-refractivity contribution in [2.45, 2.75) is 18.9 Å². The third-order valence-electron chi connectivity index (χ3n) is 2.96. The lowest BCUT2D eigenvalue weighted by Gasteiger charge is -2.23. The Bertz CT molecular complexity index is 347.